The van der Waals surface area contributed by atoms with Crippen molar-refractivity contribution in [2.24, 2.45) is 0 Å². The number of aryl methyl sites for hydroxylation is 1. The number of alkyl carbamates (subject to hydrolysis) is 1. The van der Waals surface area contributed by atoms with E-state index in [0.717, 1.165) is 16.3 Å². The predicted molar refractivity (Wildman–Crippen MR) is 149 cm³/mol. The minimum Gasteiger partial charge on any atom is -0.444 e. The van der Waals surface area contributed by atoms with E-state index in [1.807, 2.05) is 42.6 Å². The zero-order chi connectivity index (χ0) is 29.1. The summed E-state index contributed by atoms with van der Waals surface area (Å²) < 4.78 is 26.4. The fourth-order valence-corrected chi connectivity index (χ4v) is 4.88. The number of hydrogen-bond acceptors (Lipinski definition) is 8. The third-order valence-corrected chi connectivity index (χ3v) is 6.86. The lowest BCUT2D eigenvalue weighted by Crippen LogP contribution is -2.47. The van der Waals surface area contributed by atoms with Crippen molar-refractivity contribution in [3.05, 3.63) is 87.4 Å². The van der Waals surface area contributed by atoms with E-state index in [-0.39, 0.29) is 28.8 Å². The van der Waals surface area contributed by atoms with Gasteiger partial charge in [0, 0.05) is 30.1 Å². The molecule has 0 spiro atoms. The second-order valence-corrected chi connectivity index (χ2v) is 11.7. The number of rotatable bonds is 8. The van der Waals surface area contributed by atoms with Crippen LogP contribution in [0.3, 0.4) is 0 Å². The minimum atomic E-state index is -1.18. The third-order valence-electron chi connectivity index (χ3n) is 5.90. The van der Waals surface area contributed by atoms with Crippen molar-refractivity contribution in [2.75, 3.05) is 7.05 Å². The molecule has 0 bridgehead atoms. The number of carbonyl (C=O) groups is 2. The van der Waals surface area contributed by atoms with Crippen molar-refractivity contribution >= 4 is 23.3 Å². The third kappa shape index (κ3) is 7.09. The highest BCUT2D eigenvalue weighted by Gasteiger charge is 2.37. The van der Waals surface area contributed by atoms with Crippen molar-refractivity contribution in [1.82, 2.24) is 25.4 Å². The largest absolute Gasteiger partial charge is 0.444 e. The fraction of sp³-hybridized carbons (Fsp3) is 0.345. The molecule has 0 unspecified atom stereocenters. The maximum Gasteiger partial charge on any atom is 0.408 e. The molecule has 40 heavy (non-hydrogen) atoms. The summed E-state index contributed by atoms with van der Waals surface area (Å²) in [6.45, 7) is 9.23. The Balaban J connectivity index is 1.62. The van der Waals surface area contributed by atoms with Crippen LogP contribution in [-0.4, -0.2) is 44.7 Å². The second-order valence-electron chi connectivity index (χ2n) is 10.8. The maximum atomic E-state index is 15.0. The average molecular weight is 566 g/mol. The van der Waals surface area contributed by atoms with Crippen molar-refractivity contribution in [1.29, 1.82) is 0 Å². The normalized spacial score (nSPS) is 13.0. The van der Waals surface area contributed by atoms with Crippen LogP contribution in [0.4, 0.5) is 9.18 Å². The molecule has 2 aromatic carbocycles. The Labute approximate surface area is 236 Å². The van der Waals surface area contributed by atoms with Crippen LogP contribution in [0.2, 0.25) is 0 Å². The second kappa shape index (κ2) is 11.5. The number of ether oxygens (including phenoxy) is 1. The molecule has 2 amide bonds. The van der Waals surface area contributed by atoms with Crippen molar-refractivity contribution in [3.8, 4) is 11.5 Å². The van der Waals surface area contributed by atoms with E-state index in [1.54, 1.807) is 34.7 Å². The fourth-order valence-electron chi connectivity index (χ4n) is 4.05. The number of carbonyl (C=O) groups excluding carboxylic acids is 2. The first kappa shape index (κ1) is 28.9. The van der Waals surface area contributed by atoms with Gasteiger partial charge in [0.05, 0.1) is 12.1 Å². The Hall–Kier alpha value is -4.12. The number of benzene rings is 2. The summed E-state index contributed by atoms with van der Waals surface area (Å²) in [6.07, 6.45) is -0.362. The molecule has 0 aliphatic carbocycles. The van der Waals surface area contributed by atoms with Crippen LogP contribution in [0, 0.1) is 12.7 Å². The monoisotopic (exact) mass is 565 g/mol. The van der Waals surface area contributed by atoms with E-state index in [2.05, 4.69) is 20.5 Å². The lowest BCUT2D eigenvalue weighted by atomic mass is 9.92. The summed E-state index contributed by atoms with van der Waals surface area (Å²) in [5.74, 6) is -1.00. The molecular weight excluding hydrogens is 533 g/mol. The molecule has 0 fully saturated rings. The van der Waals surface area contributed by atoms with Crippen LogP contribution in [0.1, 0.15) is 60.2 Å². The molecular formula is C29H32FN5O4S. The summed E-state index contributed by atoms with van der Waals surface area (Å²) in [6, 6.07) is 13.4. The molecule has 0 aliphatic heterocycles. The van der Waals surface area contributed by atoms with E-state index >= 15 is 0 Å². The number of aromatic nitrogens is 3. The van der Waals surface area contributed by atoms with Crippen molar-refractivity contribution in [3.63, 3.8) is 0 Å². The Morgan fingerprint density at radius 1 is 1.10 bits per heavy atom. The number of halogens is 1. The topological polar surface area (TPSA) is 110 Å². The van der Waals surface area contributed by atoms with Crippen LogP contribution in [0.25, 0.3) is 11.5 Å². The van der Waals surface area contributed by atoms with E-state index in [0.29, 0.717) is 13.0 Å². The molecule has 2 aromatic heterocycles. The van der Waals surface area contributed by atoms with Gasteiger partial charge in [-0.3, -0.25) is 4.79 Å². The molecule has 2 heterocycles. The smallest absolute Gasteiger partial charge is 0.408 e. The summed E-state index contributed by atoms with van der Waals surface area (Å²) in [7, 11) is 1.66. The molecule has 9 nitrogen and oxygen atoms in total. The Morgan fingerprint density at radius 3 is 2.48 bits per heavy atom. The molecule has 0 saturated carbocycles. The van der Waals surface area contributed by atoms with E-state index < -0.39 is 23.1 Å². The Bertz CT molecular complexity index is 1500. The van der Waals surface area contributed by atoms with Crippen LogP contribution in [0.15, 0.2) is 58.3 Å². The number of hydrogen-bond donors (Lipinski definition) is 1. The highest BCUT2D eigenvalue weighted by molar-refractivity contribution is 7.09. The van der Waals surface area contributed by atoms with Crippen LogP contribution in [-0.2, 0) is 23.2 Å². The van der Waals surface area contributed by atoms with Crippen LogP contribution < -0.4 is 5.32 Å². The molecule has 4 aromatic rings. The molecule has 210 valence electrons. The lowest BCUT2D eigenvalue weighted by molar-refractivity contribution is 0.0443. The summed E-state index contributed by atoms with van der Waals surface area (Å²) in [5, 5.41) is 13.8. The molecule has 1 atom stereocenters. The van der Waals surface area contributed by atoms with Gasteiger partial charge in [-0.15, -0.1) is 21.5 Å². The summed E-state index contributed by atoms with van der Waals surface area (Å²) in [5.41, 5.74) is 0.119. The quantitative estimate of drug-likeness (QED) is 0.283. The first-order chi connectivity index (χ1) is 18.8. The summed E-state index contributed by atoms with van der Waals surface area (Å²) >= 11 is 1.47. The minimum absolute atomic E-state index is 0.0255. The van der Waals surface area contributed by atoms with Gasteiger partial charge in [-0.05, 0) is 58.4 Å². The maximum absolute atomic E-state index is 15.0. The van der Waals surface area contributed by atoms with E-state index in [1.165, 1.54) is 34.4 Å². The highest BCUT2D eigenvalue weighted by atomic mass is 32.1. The van der Waals surface area contributed by atoms with E-state index in [9.17, 15) is 14.0 Å². The lowest BCUT2D eigenvalue weighted by Gasteiger charge is -2.29. The molecule has 1 N–H and O–H groups in total. The van der Waals surface area contributed by atoms with Crippen LogP contribution in [0.5, 0.6) is 0 Å². The molecule has 0 saturated heterocycles. The zero-order valence-electron chi connectivity index (χ0n) is 23.3. The van der Waals surface area contributed by atoms with Gasteiger partial charge in [0.2, 0.25) is 5.89 Å². The summed E-state index contributed by atoms with van der Waals surface area (Å²) in [4.78, 5) is 31.8. The van der Waals surface area contributed by atoms with Gasteiger partial charge in [-0.1, -0.05) is 30.3 Å². The van der Waals surface area contributed by atoms with Gasteiger partial charge in [-0.2, -0.15) is 0 Å². The molecule has 11 heteroatoms. The average Bonchev–Trinajstić information content (AvgIpc) is 3.53. The van der Waals surface area contributed by atoms with Gasteiger partial charge >= 0.3 is 6.09 Å². The van der Waals surface area contributed by atoms with Gasteiger partial charge < -0.3 is 19.4 Å². The van der Waals surface area contributed by atoms with Gasteiger partial charge in [0.1, 0.15) is 22.0 Å². The first-order valence-electron chi connectivity index (χ1n) is 12.7. The number of nitrogens with one attached hydrogen (secondary N) is 1. The molecule has 0 radical (unpaired) electrons. The SMILES string of the molecule is Cc1csc(CN(C)C(=O)c2ccc(F)c(-c3nnc([C@@](C)(Cc4ccccc4)NC(=O)OC(C)(C)C)o3)c2)n1. The zero-order valence-corrected chi connectivity index (χ0v) is 24.1. The number of thiazole rings is 1. The van der Waals surface area contributed by atoms with Crippen molar-refractivity contribution < 1.29 is 23.1 Å². The van der Waals surface area contributed by atoms with Gasteiger partial charge in [-0.25, -0.2) is 14.2 Å². The predicted octanol–water partition coefficient (Wildman–Crippen LogP) is 5.90. The van der Waals surface area contributed by atoms with Crippen LogP contribution >= 0.6 is 11.3 Å². The first-order valence-corrected chi connectivity index (χ1v) is 13.6. The Kier molecular flexibility index (Phi) is 8.34. The van der Waals surface area contributed by atoms with Crippen molar-refractivity contribution in [2.45, 2.75) is 58.7 Å². The number of amides is 2. The number of nitrogens with zero attached hydrogens (tertiary/aromatic N) is 4. The molecule has 0 aliphatic rings. The van der Waals surface area contributed by atoms with E-state index in [4.69, 9.17) is 9.15 Å². The highest BCUT2D eigenvalue weighted by Crippen LogP contribution is 2.30. The molecule has 4 rings (SSSR count). The standard InChI is InChI=1S/C29H32FN5O4S/c1-18-17-40-23(31-18)16-35(6)25(36)20-12-13-22(30)21(14-20)24-33-34-26(38-24)29(5,15-19-10-8-7-9-11-19)32-27(37)39-28(2,3)4/h7-14,17H,15-16H2,1-6H3,(H,32,37)/t29-/m1/s1. The van der Waals surface area contributed by atoms with Gasteiger partial charge in [0.15, 0.2) is 0 Å². The van der Waals surface area contributed by atoms with Gasteiger partial charge in [0.25, 0.3) is 11.8 Å². The Morgan fingerprint density at radius 2 is 1.82 bits per heavy atom.